The molecule has 2 aliphatic rings. The van der Waals surface area contributed by atoms with Crippen molar-refractivity contribution in [3.63, 3.8) is 0 Å². The van der Waals surface area contributed by atoms with E-state index in [9.17, 15) is 31.1 Å². The van der Waals surface area contributed by atoms with Crippen LogP contribution in [-0.2, 0) is 29.1 Å². The minimum Gasteiger partial charge on any atom is -0.337 e. The molecule has 5 rings (SSSR count). The van der Waals surface area contributed by atoms with Crippen molar-refractivity contribution in [2.75, 3.05) is 33.2 Å². The van der Waals surface area contributed by atoms with E-state index in [0.717, 1.165) is 42.5 Å². The Labute approximate surface area is 269 Å². The van der Waals surface area contributed by atoms with E-state index in [0.29, 0.717) is 40.9 Å². The third-order valence-corrected chi connectivity index (χ3v) is 10.4. The number of alkyl halides is 6. The molecule has 0 aliphatic carbocycles. The zero-order valence-electron chi connectivity index (χ0n) is 24.8. The van der Waals surface area contributed by atoms with Gasteiger partial charge in [0.15, 0.2) is 0 Å². The topological polar surface area (TPSA) is 20.3 Å². The summed E-state index contributed by atoms with van der Waals surface area (Å²) in [6.45, 7) is 2.47. The fourth-order valence-electron chi connectivity index (χ4n) is 6.88. The molecular weight excluding hydrogens is 637 g/mol. The normalized spacial score (nSPS) is 24.6. The maximum Gasteiger partial charge on any atom is 0.416 e. The van der Waals surface area contributed by atoms with Crippen molar-refractivity contribution in [2.45, 2.75) is 62.3 Å². The molecule has 1 atom stereocenters. The molecule has 3 nitrogen and oxygen atoms in total. The number of hydrogen-bond acceptors (Lipinski definition) is 1. The number of piperidine rings is 2. The second kappa shape index (κ2) is 12.8. The SMILES string of the molecule is C[N+]1(CCC2(c3ccc(Cl)c(Cl)c3)CCC(=O)N(Cc3cc(C(F)(F)F)cc(C(F)(F)F)c3)C2)CCC(c2ccccc2)CC1. The van der Waals surface area contributed by atoms with Crippen LogP contribution < -0.4 is 0 Å². The maximum absolute atomic E-state index is 13.6. The second-order valence-corrected chi connectivity index (χ2v) is 13.6. The van der Waals surface area contributed by atoms with E-state index in [-0.39, 0.29) is 37.0 Å². The number of carbonyl (C=O) groups excluding carboxylic acids is 1. The van der Waals surface area contributed by atoms with Gasteiger partial charge in [-0.05, 0) is 59.4 Å². The molecule has 45 heavy (non-hydrogen) atoms. The van der Waals surface area contributed by atoms with Crippen LogP contribution in [0.25, 0.3) is 0 Å². The molecule has 2 fully saturated rings. The zero-order valence-corrected chi connectivity index (χ0v) is 26.3. The smallest absolute Gasteiger partial charge is 0.337 e. The summed E-state index contributed by atoms with van der Waals surface area (Å²) in [4.78, 5) is 14.6. The van der Waals surface area contributed by atoms with Gasteiger partial charge in [-0.3, -0.25) is 4.79 Å². The van der Waals surface area contributed by atoms with E-state index in [4.69, 9.17) is 23.2 Å². The Morgan fingerprint density at radius 2 is 1.49 bits per heavy atom. The van der Waals surface area contributed by atoms with Crippen LogP contribution in [0.15, 0.2) is 66.7 Å². The van der Waals surface area contributed by atoms with Gasteiger partial charge in [-0.25, -0.2) is 0 Å². The summed E-state index contributed by atoms with van der Waals surface area (Å²) in [5.74, 6) is 0.166. The van der Waals surface area contributed by atoms with Crippen LogP contribution in [0.1, 0.15) is 65.8 Å². The summed E-state index contributed by atoms with van der Waals surface area (Å²) in [7, 11) is 2.22. The molecule has 0 bridgehead atoms. The Morgan fingerprint density at radius 1 is 0.867 bits per heavy atom. The van der Waals surface area contributed by atoms with E-state index in [1.54, 1.807) is 12.1 Å². The predicted molar refractivity (Wildman–Crippen MR) is 163 cm³/mol. The molecule has 0 aromatic heterocycles. The third kappa shape index (κ3) is 7.80. The minimum absolute atomic E-state index is 0.102. The maximum atomic E-state index is 13.6. The largest absolute Gasteiger partial charge is 0.416 e. The molecule has 0 saturated carbocycles. The molecule has 3 aromatic carbocycles. The number of benzene rings is 3. The van der Waals surface area contributed by atoms with E-state index in [1.807, 2.05) is 12.1 Å². The summed E-state index contributed by atoms with van der Waals surface area (Å²) in [6, 6.07) is 17.2. The third-order valence-electron chi connectivity index (χ3n) is 9.65. The van der Waals surface area contributed by atoms with Crippen LogP contribution >= 0.6 is 23.2 Å². The summed E-state index contributed by atoms with van der Waals surface area (Å²) < 4.78 is 82.2. The Bertz CT molecular complexity index is 1490. The average Bonchev–Trinajstić information content (AvgIpc) is 2.99. The molecule has 11 heteroatoms. The summed E-state index contributed by atoms with van der Waals surface area (Å²) in [5.41, 5.74) is -1.46. The van der Waals surface area contributed by atoms with Crippen LogP contribution in [0.3, 0.4) is 0 Å². The summed E-state index contributed by atoms with van der Waals surface area (Å²) in [5, 5.41) is 0.707. The van der Waals surface area contributed by atoms with Crippen LogP contribution in [0.4, 0.5) is 26.3 Å². The van der Waals surface area contributed by atoms with Crippen LogP contribution in [0, 0.1) is 0 Å². The van der Waals surface area contributed by atoms with Crippen molar-refractivity contribution < 1.29 is 35.6 Å². The first-order valence-electron chi connectivity index (χ1n) is 15.0. The van der Waals surface area contributed by atoms with Gasteiger partial charge in [0.05, 0.1) is 47.9 Å². The lowest BCUT2D eigenvalue weighted by molar-refractivity contribution is -0.915. The monoisotopic (exact) mass is 671 g/mol. The fraction of sp³-hybridized carbons (Fsp3) is 0.441. The number of likely N-dealkylation sites (tertiary alicyclic amines) is 2. The molecule has 3 aromatic rings. The standard InChI is InChI=1S/C34H35Cl2F6N2O/c1-44(14-10-25(11-15-44)24-5-3-2-4-6-24)16-13-32(26-7-8-29(35)30(36)20-26)12-9-31(45)43(22-32)21-23-17-27(33(37,38)39)19-28(18-23)34(40,41)42/h2-8,17-20,25H,9-16,21-22H2,1H3/q+1. The predicted octanol–water partition coefficient (Wildman–Crippen LogP) is 9.51. The molecule has 1 unspecified atom stereocenters. The van der Waals surface area contributed by atoms with Crippen molar-refractivity contribution in [3.05, 3.63) is 105 Å². The molecule has 2 heterocycles. The minimum atomic E-state index is -4.97. The molecular formula is C34H35Cl2F6N2O+. The summed E-state index contributed by atoms with van der Waals surface area (Å²) in [6.07, 6.45) is -6.66. The Balaban J connectivity index is 1.41. The lowest BCUT2D eigenvalue weighted by Crippen LogP contribution is -2.54. The van der Waals surface area contributed by atoms with Gasteiger partial charge in [0.2, 0.25) is 5.91 Å². The first-order valence-corrected chi connectivity index (χ1v) is 15.7. The van der Waals surface area contributed by atoms with Gasteiger partial charge >= 0.3 is 12.4 Å². The van der Waals surface area contributed by atoms with Crippen molar-refractivity contribution in [3.8, 4) is 0 Å². The number of nitrogens with zero attached hydrogens (tertiary/aromatic N) is 2. The lowest BCUT2D eigenvalue weighted by Gasteiger charge is -2.47. The van der Waals surface area contributed by atoms with Gasteiger partial charge in [-0.15, -0.1) is 0 Å². The van der Waals surface area contributed by atoms with Gasteiger partial charge in [-0.1, -0.05) is 59.6 Å². The first-order chi connectivity index (χ1) is 21.1. The van der Waals surface area contributed by atoms with Gasteiger partial charge in [0.25, 0.3) is 0 Å². The fourth-order valence-corrected chi connectivity index (χ4v) is 7.18. The van der Waals surface area contributed by atoms with E-state index in [2.05, 4.69) is 31.3 Å². The first kappa shape index (κ1) is 33.6. The molecule has 242 valence electrons. The Kier molecular flexibility index (Phi) is 9.56. The quantitative estimate of drug-likeness (QED) is 0.181. The number of quaternary nitrogens is 1. The number of halogens is 8. The molecule has 1 amide bonds. The molecule has 0 spiro atoms. The number of carbonyl (C=O) groups is 1. The van der Waals surface area contributed by atoms with Crippen molar-refractivity contribution in [1.29, 1.82) is 0 Å². The molecule has 2 saturated heterocycles. The van der Waals surface area contributed by atoms with Gasteiger partial charge < -0.3 is 9.38 Å². The van der Waals surface area contributed by atoms with Gasteiger partial charge in [0.1, 0.15) is 0 Å². The van der Waals surface area contributed by atoms with Gasteiger partial charge in [0, 0.05) is 44.2 Å². The van der Waals surface area contributed by atoms with Gasteiger partial charge in [-0.2, -0.15) is 26.3 Å². The highest BCUT2D eigenvalue weighted by Crippen LogP contribution is 2.43. The number of rotatable bonds is 7. The van der Waals surface area contributed by atoms with Crippen LogP contribution in [-0.4, -0.2) is 48.5 Å². The second-order valence-electron chi connectivity index (χ2n) is 12.8. The highest BCUT2D eigenvalue weighted by molar-refractivity contribution is 6.42. The van der Waals surface area contributed by atoms with E-state index in [1.165, 1.54) is 10.5 Å². The van der Waals surface area contributed by atoms with Crippen molar-refractivity contribution >= 4 is 29.1 Å². The van der Waals surface area contributed by atoms with E-state index >= 15 is 0 Å². The summed E-state index contributed by atoms with van der Waals surface area (Å²) >= 11 is 12.7. The van der Waals surface area contributed by atoms with Crippen molar-refractivity contribution in [1.82, 2.24) is 4.90 Å². The zero-order chi connectivity index (χ0) is 32.6. The molecule has 2 aliphatic heterocycles. The molecule has 0 N–H and O–H groups in total. The van der Waals surface area contributed by atoms with Crippen LogP contribution in [0.5, 0.6) is 0 Å². The number of hydrogen-bond donors (Lipinski definition) is 0. The lowest BCUT2D eigenvalue weighted by atomic mass is 9.71. The Morgan fingerprint density at radius 3 is 2.07 bits per heavy atom. The van der Waals surface area contributed by atoms with E-state index < -0.39 is 28.9 Å². The highest BCUT2D eigenvalue weighted by atomic mass is 35.5. The number of amides is 1. The van der Waals surface area contributed by atoms with Crippen LogP contribution in [0.2, 0.25) is 10.0 Å². The highest BCUT2D eigenvalue weighted by Gasteiger charge is 2.43. The average molecular weight is 673 g/mol. The molecule has 0 radical (unpaired) electrons. The Hall–Kier alpha value is -2.75. The van der Waals surface area contributed by atoms with Crippen molar-refractivity contribution in [2.24, 2.45) is 0 Å².